The molecule has 2 rings (SSSR count). The van der Waals surface area contributed by atoms with Crippen LogP contribution in [0.25, 0.3) is 0 Å². The highest BCUT2D eigenvalue weighted by atomic mass is 32.2. The molecule has 180 valence electrons. The van der Waals surface area contributed by atoms with Gasteiger partial charge in [0.25, 0.3) is 0 Å². The normalized spacial score (nSPS) is 12.2. The van der Waals surface area contributed by atoms with Crippen molar-refractivity contribution in [1.82, 2.24) is 10.2 Å². The van der Waals surface area contributed by atoms with Gasteiger partial charge in [-0.3, -0.25) is 13.9 Å². The molecular formula is C25H35N3O4S. The summed E-state index contributed by atoms with van der Waals surface area (Å²) in [5, 5.41) is 2.80. The zero-order valence-electron chi connectivity index (χ0n) is 20.4. The van der Waals surface area contributed by atoms with E-state index >= 15 is 0 Å². The van der Waals surface area contributed by atoms with E-state index in [1.165, 1.54) is 4.90 Å². The van der Waals surface area contributed by atoms with Crippen LogP contribution in [-0.4, -0.2) is 50.5 Å². The molecular weight excluding hydrogens is 438 g/mol. The van der Waals surface area contributed by atoms with Crippen molar-refractivity contribution in [1.29, 1.82) is 0 Å². The number of carbonyl (C=O) groups is 2. The van der Waals surface area contributed by atoms with E-state index in [1.54, 1.807) is 0 Å². The fourth-order valence-electron chi connectivity index (χ4n) is 3.88. The first-order valence-corrected chi connectivity index (χ1v) is 13.0. The van der Waals surface area contributed by atoms with Crippen LogP contribution < -0.4 is 9.62 Å². The van der Waals surface area contributed by atoms with Crippen LogP contribution in [0.2, 0.25) is 0 Å². The van der Waals surface area contributed by atoms with Crippen molar-refractivity contribution in [3.63, 3.8) is 0 Å². The molecule has 0 unspecified atom stereocenters. The van der Waals surface area contributed by atoms with Crippen LogP contribution in [-0.2, 0) is 26.2 Å². The molecule has 0 heterocycles. The van der Waals surface area contributed by atoms with Gasteiger partial charge in [0.1, 0.15) is 12.6 Å². The second-order valence-electron chi connectivity index (χ2n) is 8.34. The van der Waals surface area contributed by atoms with Gasteiger partial charge in [0, 0.05) is 13.1 Å². The molecule has 0 aliphatic rings. The Morgan fingerprint density at radius 2 is 1.55 bits per heavy atom. The number of likely N-dealkylation sites (N-methyl/N-ethyl adjacent to an activating group) is 1. The van der Waals surface area contributed by atoms with Gasteiger partial charge < -0.3 is 10.2 Å². The maximum Gasteiger partial charge on any atom is 0.244 e. The average Bonchev–Trinajstić information content (AvgIpc) is 2.73. The van der Waals surface area contributed by atoms with Gasteiger partial charge in [-0.1, -0.05) is 55.0 Å². The minimum absolute atomic E-state index is 0.207. The highest BCUT2D eigenvalue weighted by Crippen LogP contribution is 2.27. The molecule has 8 heteroatoms. The number of nitrogens with zero attached hydrogens (tertiary/aromatic N) is 2. The van der Waals surface area contributed by atoms with Crippen LogP contribution in [0.5, 0.6) is 0 Å². The third kappa shape index (κ3) is 6.81. The Morgan fingerprint density at radius 3 is 2.03 bits per heavy atom. The van der Waals surface area contributed by atoms with Crippen LogP contribution >= 0.6 is 0 Å². The fourth-order valence-corrected chi connectivity index (χ4v) is 4.84. The van der Waals surface area contributed by atoms with Crippen molar-refractivity contribution >= 4 is 27.5 Å². The Kier molecular flexibility index (Phi) is 9.05. The quantitative estimate of drug-likeness (QED) is 0.574. The molecule has 33 heavy (non-hydrogen) atoms. The average molecular weight is 474 g/mol. The predicted octanol–water partition coefficient (Wildman–Crippen LogP) is 3.32. The lowest BCUT2D eigenvalue weighted by atomic mass is 10.1. The van der Waals surface area contributed by atoms with Gasteiger partial charge in [-0.15, -0.1) is 0 Å². The third-order valence-electron chi connectivity index (χ3n) is 5.58. The first-order valence-electron chi connectivity index (χ1n) is 11.2. The van der Waals surface area contributed by atoms with Crippen molar-refractivity contribution in [2.75, 3.05) is 23.7 Å². The molecule has 1 atom stereocenters. The van der Waals surface area contributed by atoms with Crippen LogP contribution in [0.1, 0.15) is 42.5 Å². The summed E-state index contributed by atoms with van der Waals surface area (Å²) in [6.07, 6.45) is 1.50. The number of sulfonamides is 1. The van der Waals surface area contributed by atoms with Crippen LogP contribution in [0.3, 0.4) is 0 Å². The Balaban J connectivity index is 2.48. The van der Waals surface area contributed by atoms with E-state index in [0.717, 1.165) is 32.8 Å². The standard InChI is InChI=1S/C25H35N3O4S/c1-7-22(25(30)26-8-2)27(16-21-14-12-18(3)13-15-21)23(29)17-28(33(6,31)32)24-19(4)10-9-11-20(24)5/h9-15,22H,7-8,16-17H2,1-6H3,(H,26,30)/t22-/m1/s1. The van der Waals surface area contributed by atoms with Gasteiger partial charge in [-0.05, 0) is 50.8 Å². The highest BCUT2D eigenvalue weighted by Gasteiger charge is 2.32. The summed E-state index contributed by atoms with van der Waals surface area (Å²) in [7, 11) is -3.75. The monoisotopic (exact) mass is 473 g/mol. The predicted molar refractivity (Wildman–Crippen MR) is 133 cm³/mol. The lowest BCUT2D eigenvalue weighted by Crippen LogP contribution is -2.52. The number of para-hydroxylation sites is 1. The molecule has 0 spiro atoms. The van der Waals surface area contributed by atoms with Crippen LogP contribution in [0.15, 0.2) is 42.5 Å². The van der Waals surface area contributed by atoms with Gasteiger partial charge in [0.05, 0.1) is 11.9 Å². The van der Waals surface area contributed by atoms with Gasteiger partial charge >= 0.3 is 0 Å². The lowest BCUT2D eigenvalue weighted by Gasteiger charge is -2.33. The zero-order chi connectivity index (χ0) is 24.8. The first-order chi connectivity index (χ1) is 15.5. The van der Waals surface area contributed by atoms with Crippen molar-refractivity contribution in [3.05, 3.63) is 64.7 Å². The maximum atomic E-state index is 13.6. The second kappa shape index (κ2) is 11.3. The smallest absolute Gasteiger partial charge is 0.244 e. The Hall–Kier alpha value is -2.87. The van der Waals surface area contributed by atoms with Gasteiger partial charge in [0.15, 0.2) is 0 Å². The number of anilines is 1. The summed E-state index contributed by atoms with van der Waals surface area (Å²) < 4.78 is 26.6. The minimum atomic E-state index is -3.75. The fraction of sp³-hybridized carbons (Fsp3) is 0.440. The molecule has 0 aliphatic heterocycles. The Morgan fingerprint density at radius 1 is 0.970 bits per heavy atom. The summed E-state index contributed by atoms with van der Waals surface area (Å²) in [5.41, 5.74) is 3.97. The van der Waals surface area contributed by atoms with Gasteiger partial charge in [-0.2, -0.15) is 0 Å². The minimum Gasteiger partial charge on any atom is -0.355 e. The number of aryl methyl sites for hydroxylation is 3. The number of hydrogen-bond donors (Lipinski definition) is 1. The molecule has 0 saturated heterocycles. The molecule has 7 nitrogen and oxygen atoms in total. The van der Waals surface area contributed by atoms with E-state index in [4.69, 9.17) is 0 Å². The molecule has 0 aliphatic carbocycles. The molecule has 0 aromatic heterocycles. The Bertz CT molecular complexity index is 1060. The van der Waals surface area contributed by atoms with E-state index in [2.05, 4.69) is 5.32 Å². The molecule has 0 bridgehead atoms. The molecule has 2 aromatic carbocycles. The number of hydrogen-bond acceptors (Lipinski definition) is 4. The molecule has 2 amide bonds. The van der Waals surface area contributed by atoms with E-state index in [-0.39, 0.29) is 19.0 Å². The number of rotatable bonds is 10. The molecule has 2 aromatic rings. The summed E-state index contributed by atoms with van der Waals surface area (Å²) in [4.78, 5) is 27.9. The summed E-state index contributed by atoms with van der Waals surface area (Å²) in [6, 6.07) is 12.5. The first kappa shape index (κ1) is 26.4. The van der Waals surface area contributed by atoms with Gasteiger partial charge in [-0.25, -0.2) is 8.42 Å². The van der Waals surface area contributed by atoms with Crippen LogP contribution in [0.4, 0.5) is 5.69 Å². The van der Waals surface area contributed by atoms with Crippen molar-refractivity contribution < 1.29 is 18.0 Å². The lowest BCUT2D eigenvalue weighted by molar-refractivity contribution is -0.140. The maximum absolute atomic E-state index is 13.6. The SMILES string of the molecule is CCNC(=O)[C@@H](CC)N(Cc1ccc(C)cc1)C(=O)CN(c1c(C)cccc1C)S(C)(=O)=O. The van der Waals surface area contributed by atoms with E-state index < -0.39 is 22.0 Å². The second-order valence-corrected chi connectivity index (χ2v) is 10.2. The van der Waals surface area contributed by atoms with E-state index in [9.17, 15) is 18.0 Å². The molecule has 0 fully saturated rings. The number of amides is 2. The van der Waals surface area contributed by atoms with Crippen molar-refractivity contribution in [2.24, 2.45) is 0 Å². The summed E-state index contributed by atoms with van der Waals surface area (Å²) >= 11 is 0. The van der Waals surface area contributed by atoms with Gasteiger partial charge in [0.2, 0.25) is 21.8 Å². The summed E-state index contributed by atoms with van der Waals surface area (Å²) in [6.45, 7) is 9.55. The van der Waals surface area contributed by atoms with Crippen LogP contribution in [0, 0.1) is 20.8 Å². The highest BCUT2D eigenvalue weighted by molar-refractivity contribution is 7.92. The molecule has 0 saturated carbocycles. The number of carbonyl (C=O) groups excluding carboxylic acids is 2. The molecule has 0 radical (unpaired) electrons. The van der Waals surface area contributed by atoms with E-state index in [1.807, 2.05) is 77.1 Å². The molecule has 1 N–H and O–H groups in total. The van der Waals surface area contributed by atoms with Crippen molar-refractivity contribution in [3.8, 4) is 0 Å². The van der Waals surface area contributed by atoms with Crippen molar-refractivity contribution in [2.45, 2.75) is 53.6 Å². The summed E-state index contributed by atoms with van der Waals surface area (Å²) in [5.74, 6) is -0.680. The van der Waals surface area contributed by atoms with E-state index in [0.29, 0.717) is 18.7 Å². The third-order valence-corrected chi connectivity index (χ3v) is 6.69. The number of nitrogens with one attached hydrogen (secondary N) is 1. The topological polar surface area (TPSA) is 86.8 Å². The number of benzene rings is 2. The zero-order valence-corrected chi connectivity index (χ0v) is 21.2. The Labute approximate surface area is 197 Å². The largest absolute Gasteiger partial charge is 0.355 e.